The Morgan fingerprint density at radius 1 is 1.38 bits per heavy atom. The van der Waals surface area contributed by atoms with Gasteiger partial charge in [-0.3, -0.25) is 4.98 Å². The monoisotopic (exact) mass is 285 g/mol. The number of carbonyl (C=O) groups is 1. The number of rotatable bonds is 4. The Morgan fingerprint density at radius 2 is 2.24 bits per heavy atom. The molecule has 0 fully saturated rings. The minimum Gasteiger partial charge on any atom is -0.460 e. The molecule has 3 heterocycles. The zero-order valence-corrected chi connectivity index (χ0v) is 11.9. The van der Waals surface area contributed by atoms with Crippen LogP contribution in [0.1, 0.15) is 29.1 Å². The molecule has 0 unspecified atom stereocenters. The van der Waals surface area contributed by atoms with Gasteiger partial charge in [0, 0.05) is 6.20 Å². The quantitative estimate of drug-likeness (QED) is 0.689. The first-order valence-corrected chi connectivity index (χ1v) is 6.71. The van der Waals surface area contributed by atoms with Gasteiger partial charge in [0.2, 0.25) is 5.76 Å². The van der Waals surface area contributed by atoms with Gasteiger partial charge in [-0.15, -0.1) is 0 Å². The molecule has 6 nitrogen and oxygen atoms in total. The van der Waals surface area contributed by atoms with Crippen LogP contribution in [0.25, 0.3) is 11.0 Å². The van der Waals surface area contributed by atoms with Crippen LogP contribution in [0.5, 0.6) is 0 Å². The van der Waals surface area contributed by atoms with Gasteiger partial charge in [0.1, 0.15) is 17.1 Å². The Bertz CT molecular complexity index is 788. The highest BCUT2D eigenvalue weighted by molar-refractivity contribution is 5.86. The van der Waals surface area contributed by atoms with Gasteiger partial charge in [-0.1, -0.05) is 0 Å². The van der Waals surface area contributed by atoms with Crippen molar-refractivity contribution in [3.8, 4) is 0 Å². The molecule has 108 valence electrons. The van der Waals surface area contributed by atoms with Crippen molar-refractivity contribution in [2.45, 2.75) is 20.4 Å². The van der Waals surface area contributed by atoms with Crippen molar-refractivity contribution in [2.24, 2.45) is 0 Å². The van der Waals surface area contributed by atoms with Crippen molar-refractivity contribution < 1.29 is 13.9 Å². The average Bonchev–Trinajstić information content (AvgIpc) is 3.05. The fraction of sp³-hybridized carbons (Fsp3) is 0.267. The van der Waals surface area contributed by atoms with E-state index in [1.54, 1.807) is 31.5 Å². The predicted octanol–water partition coefficient (Wildman–Crippen LogP) is 2.56. The first-order chi connectivity index (χ1) is 10.2. The largest absolute Gasteiger partial charge is 0.460 e. The standard InChI is InChI=1S/C15H15N3O3/c1-3-20-15(19)14-5-4-11(21-14)9-18-10(2)17-12-8-16-7-6-13(12)18/h4-8H,3,9H2,1-2H3. The second kappa shape index (κ2) is 5.40. The molecular weight excluding hydrogens is 270 g/mol. The predicted molar refractivity (Wildman–Crippen MR) is 76.0 cm³/mol. The lowest BCUT2D eigenvalue weighted by molar-refractivity contribution is 0.0488. The zero-order chi connectivity index (χ0) is 14.8. The highest BCUT2D eigenvalue weighted by atomic mass is 16.5. The van der Waals surface area contributed by atoms with Gasteiger partial charge in [-0.05, 0) is 32.0 Å². The molecule has 0 aliphatic rings. The van der Waals surface area contributed by atoms with Gasteiger partial charge in [0.05, 0.1) is 24.9 Å². The minimum absolute atomic E-state index is 0.218. The van der Waals surface area contributed by atoms with Crippen molar-refractivity contribution in [3.63, 3.8) is 0 Å². The second-order valence-electron chi connectivity index (χ2n) is 4.60. The molecule has 0 atom stereocenters. The summed E-state index contributed by atoms with van der Waals surface area (Å²) in [7, 11) is 0. The summed E-state index contributed by atoms with van der Waals surface area (Å²) in [5.41, 5.74) is 1.82. The number of pyridine rings is 1. The normalized spacial score (nSPS) is 11.0. The fourth-order valence-corrected chi connectivity index (χ4v) is 2.23. The Balaban J connectivity index is 1.89. The highest BCUT2D eigenvalue weighted by Gasteiger charge is 2.14. The molecule has 0 bridgehead atoms. The summed E-state index contributed by atoms with van der Waals surface area (Å²) in [6.45, 7) is 4.52. The zero-order valence-electron chi connectivity index (χ0n) is 11.9. The van der Waals surface area contributed by atoms with Gasteiger partial charge in [-0.2, -0.15) is 0 Å². The topological polar surface area (TPSA) is 70.2 Å². The van der Waals surface area contributed by atoms with E-state index in [0.29, 0.717) is 18.9 Å². The molecule has 0 aliphatic carbocycles. The maximum Gasteiger partial charge on any atom is 0.374 e. The molecule has 0 radical (unpaired) electrons. The molecular formula is C15H15N3O3. The molecule has 0 aliphatic heterocycles. The van der Waals surface area contributed by atoms with E-state index in [-0.39, 0.29) is 5.76 Å². The van der Waals surface area contributed by atoms with Crippen LogP contribution in [0.4, 0.5) is 0 Å². The van der Waals surface area contributed by atoms with Crippen LogP contribution in [0.15, 0.2) is 35.0 Å². The maximum atomic E-state index is 11.6. The summed E-state index contributed by atoms with van der Waals surface area (Å²) in [6, 6.07) is 5.31. The van der Waals surface area contributed by atoms with Gasteiger partial charge in [0.25, 0.3) is 0 Å². The van der Waals surface area contributed by atoms with Crippen LogP contribution in [0.3, 0.4) is 0 Å². The number of furan rings is 1. The van der Waals surface area contributed by atoms with Gasteiger partial charge in [0.15, 0.2) is 0 Å². The molecule has 3 aromatic heterocycles. The number of esters is 1. The lowest BCUT2D eigenvalue weighted by Crippen LogP contribution is -2.03. The number of hydrogen-bond donors (Lipinski definition) is 0. The van der Waals surface area contributed by atoms with Crippen LogP contribution >= 0.6 is 0 Å². The third-order valence-electron chi connectivity index (χ3n) is 3.19. The summed E-state index contributed by atoms with van der Waals surface area (Å²) in [4.78, 5) is 20.1. The number of fused-ring (bicyclic) bond motifs is 1. The first-order valence-electron chi connectivity index (χ1n) is 6.71. The highest BCUT2D eigenvalue weighted by Crippen LogP contribution is 2.18. The van der Waals surface area contributed by atoms with Crippen molar-refractivity contribution in [2.75, 3.05) is 6.61 Å². The van der Waals surface area contributed by atoms with E-state index in [1.165, 1.54) is 0 Å². The molecule has 0 saturated carbocycles. The van der Waals surface area contributed by atoms with Crippen LogP contribution in [-0.2, 0) is 11.3 Å². The van der Waals surface area contributed by atoms with Crippen molar-refractivity contribution in [1.29, 1.82) is 0 Å². The van der Waals surface area contributed by atoms with Crippen molar-refractivity contribution in [3.05, 3.63) is 47.9 Å². The molecule has 0 amide bonds. The first kappa shape index (κ1) is 13.4. The molecule has 21 heavy (non-hydrogen) atoms. The van der Waals surface area contributed by atoms with Crippen LogP contribution < -0.4 is 0 Å². The number of imidazole rings is 1. The van der Waals surface area contributed by atoms with E-state index in [2.05, 4.69) is 9.97 Å². The molecule has 6 heteroatoms. The van der Waals surface area contributed by atoms with E-state index in [1.807, 2.05) is 17.6 Å². The summed E-state index contributed by atoms with van der Waals surface area (Å²) in [5.74, 6) is 1.32. The van der Waals surface area contributed by atoms with Crippen LogP contribution in [-0.4, -0.2) is 27.1 Å². The fourth-order valence-electron chi connectivity index (χ4n) is 2.23. The Labute approximate surface area is 121 Å². The van der Waals surface area contributed by atoms with Gasteiger partial charge in [-0.25, -0.2) is 9.78 Å². The van der Waals surface area contributed by atoms with Gasteiger partial charge < -0.3 is 13.7 Å². The van der Waals surface area contributed by atoms with Gasteiger partial charge >= 0.3 is 5.97 Å². The van der Waals surface area contributed by atoms with Crippen molar-refractivity contribution in [1.82, 2.24) is 14.5 Å². The molecule has 3 rings (SSSR count). The number of aryl methyl sites for hydroxylation is 1. The van der Waals surface area contributed by atoms with Crippen molar-refractivity contribution >= 4 is 17.0 Å². The van der Waals surface area contributed by atoms with Crippen LogP contribution in [0.2, 0.25) is 0 Å². The third kappa shape index (κ3) is 2.52. The number of hydrogen-bond acceptors (Lipinski definition) is 5. The lowest BCUT2D eigenvalue weighted by atomic mass is 10.3. The number of aromatic nitrogens is 3. The SMILES string of the molecule is CCOC(=O)c1ccc(Cn2c(C)nc3cnccc32)o1. The number of carbonyl (C=O) groups excluding carboxylic acids is 1. The Morgan fingerprint density at radius 3 is 3.05 bits per heavy atom. The maximum absolute atomic E-state index is 11.6. The van der Waals surface area contributed by atoms with E-state index < -0.39 is 5.97 Å². The van der Waals surface area contributed by atoms with E-state index in [4.69, 9.17) is 9.15 Å². The summed E-state index contributed by atoms with van der Waals surface area (Å²) in [6.07, 6.45) is 3.46. The second-order valence-corrected chi connectivity index (χ2v) is 4.60. The molecule has 0 saturated heterocycles. The molecule has 3 aromatic rings. The number of ether oxygens (including phenoxy) is 1. The Hall–Kier alpha value is -2.63. The molecule has 0 N–H and O–H groups in total. The van der Waals surface area contributed by atoms with E-state index in [0.717, 1.165) is 16.9 Å². The summed E-state index contributed by atoms with van der Waals surface area (Å²) < 4.78 is 12.5. The molecule has 0 spiro atoms. The third-order valence-corrected chi connectivity index (χ3v) is 3.19. The van der Waals surface area contributed by atoms with E-state index in [9.17, 15) is 4.79 Å². The molecule has 0 aromatic carbocycles. The summed E-state index contributed by atoms with van der Waals surface area (Å²) >= 11 is 0. The number of nitrogens with zero attached hydrogens (tertiary/aromatic N) is 3. The summed E-state index contributed by atoms with van der Waals surface area (Å²) in [5, 5.41) is 0. The van der Waals surface area contributed by atoms with Crippen LogP contribution in [0, 0.1) is 6.92 Å². The lowest BCUT2D eigenvalue weighted by Gasteiger charge is -2.04. The Kier molecular flexibility index (Phi) is 3.43. The van der Waals surface area contributed by atoms with E-state index >= 15 is 0 Å². The average molecular weight is 285 g/mol. The smallest absolute Gasteiger partial charge is 0.374 e. The minimum atomic E-state index is -0.444.